The minimum atomic E-state index is 0.154. The van der Waals surface area contributed by atoms with E-state index < -0.39 is 0 Å². The molecule has 0 spiro atoms. The van der Waals surface area contributed by atoms with E-state index in [1.807, 2.05) is 42.5 Å². The molecule has 0 aromatic heterocycles. The van der Waals surface area contributed by atoms with Gasteiger partial charge in [0.15, 0.2) is 0 Å². The van der Waals surface area contributed by atoms with Gasteiger partial charge in [0.25, 0.3) is 0 Å². The van der Waals surface area contributed by atoms with Crippen LogP contribution in [0.5, 0.6) is 5.75 Å². The van der Waals surface area contributed by atoms with E-state index in [1.165, 1.54) is 0 Å². The zero-order chi connectivity index (χ0) is 13.8. The van der Waals surface area contributed by atoms with Crippen molar-refractivity contribution in [3.8, 4) is 5.75 Å². The molecule has 0 saturated carbocycles. The number of methoxy groups -OCH3 is 1. The second-order valence-corrected chi connectivity index (χ2v) is 4.98. The van der Waals surface area contributed by atoms with Gasteiger partial charge in [0, 0.05) is 16.8 Å². The van der Waals surface area contributed by atoms with Crippen LogP contribution in [0.4, 0.5) is 5.69 Å². The quantitative estimate of drug-likeness (QED) is 0.863. The van der Waals surface area contributed by atoms with Crippen LogP contribution in [0.2, 0.25) is 5.02 Å². The summed E-state index contributed by atoms with van der Waals surface area (Å²) in [5.41, 5.74) is 3.34. The first kappa shape index (κ1) is 13.8. The lowest BCUT2D eigenvalue weighted by Crippen LogP contribution is -2.08. The fourth-order valence-electron chi connectivity index (χ4n) is 2.06. The second-order valence-electron chi connectivity index (χ2n) is 4.57. The second kappa shape index (κ2) is 5.98. The number of hydrogen-bond acceptors (Lipinski definition) is 2. The molecule has 0 bridgehead atoms. The summed E-state index contributed by atoms with van der Waals surface area (Å²) in [6.45, 7) is 4.16. The van der Waals surface area contributed by atoms with Crippen LogP contribution in [0.1, 0.15) is 24.1 Å². The van der Waals surface area contributed by atoms with Gasteiger partial charge in [-0.05, 0) is 49.2 Å². The third-order valence-electron chi connectivity index (χ3n) is 3.18. The molecule has 100 valence electrons. The number of halogens is 1. The predicted octanol–water partition coefficient (Wildman–Crippen LogP) is 4.83. The van der Waals surface area contributed by atoms with E-state index in [-0.39, 0.29) is 6.04 Å². The number of nitrogens with one attached hydrogen (secondary N) is 1. The summed E-state index contributed by atoms with van der Waals surface area (Å²) >= 11 is 6.21. The molecule has 2 aromatic rings. The van der Waals surface area contributed by atoms with Gasteiger partial charge in [-0.1, -0.05) is 29.8 Å². The van der Waals surface area contributed by atoms with Gasteiger partial charge in [-0.15, -0.1) is 0 Å². The highest BCUT2D eigenvalue weighted by molar-refractivity contribution is 6.31. The van der Waals surface area contributed by atoms with Gasteiger partial charge in [0.05, 0.1) is 7.11 Å². The van der Waals surface area contributed by atoms with E-state index >= 15 is 0 Å². The Bertz CT molecular complexity index is 568. The molecule has 2 aromatic carbocycles. The van der Waals surface area contributed by atoms with Gasteiger partial charge in [0.2, 0.25) is 0 Å². The normalized spacial score (nSPS) is 12.0. The zero-order valence-electron chi connectivity index (χ0n) is 11.4. The number of ether oxygens (including phenoxy) is 1. The monoisotopic (exact) mass is 275 g/mol. The van der Waals surface area contributed by atoms with Gasteiger partial charge < -0.3 is 10.1 Å². The SMILES string of the molecule is COc1ccc(NC(C)c2ccccc2Cl)c(C)c1. The first-order chi connectivity index (χ1) is 9.11. The molecule has 0 radical (unpaired) electrons. The standard InChI is InChI=1S/C16H18ClNO/c1-11-10-13(19-3)8-9-16(11)18-12(2)14-6-4-5-7-15(14)17/h4-10,12,18H,1-3H3. The fraction of sp³-hybridized carbons (Fsp3) is 0.250. The minimum absolute atomic E-state index is 0.154. The van der Waals surface area contributed by atoms with Crippen molar-refractivity contribution in [1.82, 2.24) is 0 Å². The van der Waals surface area contributed by atoms with Crippen LogP contribution in [0.25, 0.3) is 0 Å². The molecule has 1 atom stereocenters. The first-order valence-corrected chi connectivity index (χ1v) is 6.65. The maximum atomic E-state index is 6.21. The lowest BCUT2D eigenvalue weighted by Gasteiger charge is -2.19. The average molecular weight is 276 g/mol. The molecule has 3 heteroatoms. The van der Waals surface area contributed by atoms with E-state index in [1.54, 1.807) is 7.11 Å². The molecule has 0 fully saturated rings. The Morgan fingerprint density at radius 1 is 1.16 bits per heavy atom. The molecule has 0 heterocycles. The third-order valence-corrected chi connectivity index (χ3v) is 3.52. The largest absolute Gasteiger partial charge is 0.497 e. The number of anilines is 1. The van der Waals surface area contributed by atoms with Gasteiger partial charge in [-0.25, -0.2) is 0 Å². The van der Waals surface area contributed by atoms with Crippen LogP contribution in [-0.2, 0) is 0 Å². The highest BCUT2D eigenvalue weighted by atomic mass is 35.5. The summed E-state index contributed by atoms with van der Waals surface area (Å²) in [6.07, 6.45) is 0. The number of benzene rings is 2. The molecule has 1 N–H and O–H groups in total. The Kier molecular flexibility index (Phi) is 4.33. The van der Waals surface area contributed by atoms with Gasteiger partial charge in [0.1, 0.15) is 5.75 Å². The summed E-state index contributed by atoms with van der Waals surface area (Å²) < 4.78 is 5.21. The molecule has 19 heavy (non-hydrogen) atoms. The summed E-state index contributed by atoms with van der Waals surface area (Å²) in [6, 6.07) is 14.0. The summed E-state index contributed by atoms with van der Waals surface area (Å²) in [7, 11) is 1.67. The van der Waals surface area contributed by atoms with Gasteiger partial charge >= 0.3 is 0 Å². The van der Waals surface area contributed by atoms with Crippen molar-refractivity contribution in [2.24, 2.45) is 0 Å². The Morgan fingerprint density at radius 2 is 1.89 bits per heavy atom. The molecule has 0 aliphatic heterocycles. The smallest absolute Gasteiger partial charge is 0.119 e. The van der Waals surface area contributed by atoms with E-state index in [0.717, 1.165) is 27.6 Å². The molecule has 0 aliphatic carbocycles. The van der Waals surface area contributed by atoms with Crippen molar-refractivity contribution in [3.63, 3.8) is 0 Å². The molecule has 0 amide bonds. The zero-order valence-corrected chi connectivity index (χ0v) is 12.2. The van der Waals surface area contributed by atoms with E-state index in [0.29, 0.717) is 0 Å². The van der Waals surface area contributed by atoms with Crippen molar-refractivity contribution in [3.05, 3.63) is 58.6 Å². The summed E-state index contributed by atoms with van der Waals surface area (Å²) in [4.78, 5) is 0. The van der Waals surface area contributed by atoms with Crippen LogP contribution in [-0.4, -0.2) is 7.11 Å². The molecular formula is C16H18ClNO. The summed E-state index contributed by atoms with van der Waals surface area (Å²) in [5.74, 6) is 0.869. The average Bonchev–Trinajstić information content (AvgIpc) is 2.41. The Labute approximate surface area is 119 Å². The van der Waals surface area contributed by atoms with Gasteiger partial charge in [-0.2, -0.15) is 0 Å². The predicted molar refractivity (Wildman–Crippen MR) is 81.2 cm³/mol. The molecule has 0 aliphatic rings. The van der Waals surface area contributed by atoms with Crippen LogP contribution < -0.4 is 10.1 Å². The Hall–Kier alpha value is -1.67. The lowest BCUT2D eigenvalue weighted by atomic mass is 10.1. The van der Waals surface area contributed by atoms with Crippen LogP contribution in [0, 0.1) is 6.92 Å². The van der Waals surface area contributed by atoms with Crippen molar-refractivity contribution >= 4 is 17.3 Å². The van der Waals surface area contributed by atoms with E-state index in [4.69, 9.17) is 16.3 Å². The maximum absolute atomic E-state index is 6.21. The van der Waals surface area contributed by atoms with Crippen LogP contribution in [0.15, 0.2) is 42.5 Å². The van der Waals surface area contributed by atoms with Gasteiger partial charge in [-0.3, -0.25) is 0 Å². The summed E-state index contributed by atoms with van der Waals surface area (Å²) in [5, 5.41) is 4.26. The number of aryl methyl sites for hydroxylation is 1. The number of hydrogen-bond donors (Lipinski definition) is 1. The van der Waals surface area contributed by atoms with E-state index in [2.05, 4.69) is 19.2 Å². The minimum Gasteiger partial charge on any atom is -0.497 e. The maximum Gasteiger partial charge on any atom is 0.119 e. The van der Waals surface area contributed by atoms with E-state index in [9.17, 15) is 0 Å². The molecular weight excluding hydrogens is 258 g/mol. The molecule has 0 saturated heterocycles. The Morgan fingerprint density at radius 3 is 2.53 bits per heavy atom. The third kappa shape index (κ3) is 3.21. The number of rotatable bonds is 4. The van der Waals surface area contributed by atoms with Crippen LogP contribution in [0.3, 0.4) is 0 Å². The molecule has 2 rings (SSSR count). The van der Waals surface area contributed by atoms with Crippen LogP contribution >= 0.6 is 11.6 Å². The Balaban J connectivity index is 2.19. The van der Waals surface area contributed by atoms with Crippen molar-refractivity contribution in [2.75, 3.05) is 12.4 Å². The molecule has 1 unspecified atom stereocenters. The highest BCUT2D eigenvalue weighted by Gasteiger charge is 2.10. The first-order valence-electron chi connectivity index (χ1n) is 6.27. The van der Waals surface area contributed by atoms with Crippen molar-refractivity contribution in [1.29, 1.82) is 0 Å². The topological polar surface area (TPSA) is 21.3 Å². The molecule has 2 nitrogen and oxygen atoms in total. The fourth-order valence-corrected chi connectivity index (χ4v) is 2.36. The van der Waals surface area contributed by atoms with Crippen molar-refractivity contribution < 1.29 is 4.74 Å². The highest BCUT2D eigenvalue weighted by Crippen LogP contribution is 2.28. The lowest BCUT2D eigenvalue weighted by molar-refractivity contribution is 0.414. The van der Waals surface area contributed by atoms with Crippen molar-refractivity contribution in [2.45, 2.75) is 19.9 Å².